The topological polar surface area (TPSA) is 59.5 Å². The molecule has 0 bridgehead atoms. The number of hydrogen-bond acceptors (Lipinski definition) is 4. The van der Waals surface area contributed by atoms with Crippen molar-refractivity contribution in [2.75, 3.05) is 6.54 Å². The predicted octanol–water partition coefficient (Wildman–Crippen LogP) is 2.68. The van der Waals surface area contributed by atoms with Crippen molar-refractivity contribution in [3.63, 3.8) is 0 Å². The molecule has 0 N–H and O–H groups in total. The maximum atomic E-state index is 12.6. The minimum atomic E-state index is -0.567. The molecule has 1 saturated heterocycles. The lowest BCUT2D eigenvalue weighted by Gasteiger charge is -2.27. The van der Waals surface area contributed by atoms with E-state index >= 15 is 0 Å². The third kappa shape index (κ3) is 3.73. The highest BCUT2D eigenvalue weighted by molar-refractivity contribution is 6.33. The van der Waals surface area contributed by atoms with Gasteiger partial charge in [-0.3, -0.25) is 9.78 Å². The van der Waals surface area contributed by atoms with E-state index in [4.69, 9.17) is 16.3 Å². The van der Waals surface area contributed by atoms with Gasteiger partial charge in [-0.25, -0.2) is 4.79 Å². The molecule has 1 amide bonds. The van der Waals surface area contributed by atoms with E-state index in [1.54, 1.807) is 6.07 Å². The Balaban J connectivity index is 2.17. The second-order valence-electron chi connectivity index (χ2n) is 6.05. The lowest BCUT2D eigenvalue weighted by atomic mass is 10.1. The van der Waals surface area contributed by atoms with Crippen molar-refractivity contribution < 1.29 is 14.3 Å². The van der Waals surface area contributed by atoms with Crippen molar-refractivity contribution in [1.82, 2.24) is 9.88 Å². The van der Waals surface area contributed by atoms with Crippen LogP contribution >= 0.6 is 11.6 Å². The number of amides is 1. The number of likely N-dealkylation sites (tertiary alicyclic amines) is 1. The summed E-state index contributed by atoms with van der Waals surface area (Å²) in [7, 11) is 0. The van der Waals surface area contributed by atoms with Gasteiger partial charge in [0.15, 0.2) is 0 Å². The van der Waals surface area contributed by atoms with E-state index in [0.717, 1.165) is 6.42 Å². The van der Waals surface area contributed by atoms with E-state index in [1.165, 1.54) is 17.3 Å². The number of ether oxygens (including phenoxy) is 1. The third-order valence-corrected chi connectivity index (χ3v) is 3.50. The van der Waals surface area contributed by atoms with Gasteiger partial charge in [0.25, 0.3) is 5.91 Å². The Morgan fingerprint density at radius 3 is 2.76 bits per heavy atom. The van der Waals surface area contributed by atoms with Crippen LogP contribution < -0.4 is 0 Å². The van der Waals surface area contributed by atoms with Crippen molar-refractivity contribution in [1.29, 1.82) is 0 Å². The van der Waals surface area contributed by atoms with Gasteiger partial charge in [-0.1, -0.05) is 11.6 Å². The van der Waals surface area contributed by atoms with E-state index < -0.39 is 11.6 Å². The van der Waals surface area contributed by atoms with Gasteiger partial charge in [-0.2, -0.15) is 0 Å². The van der Waals surface area contributed by atoms with Crippen LogP contribution in [0.15, 0.2) is 18.5 Å². The van der Waals surface area contributed by atoms with Gasteiger partial charge in [0, 0.05) is 18.9 Å². The van der Waals surface area contributed by atoms with E-state index in [-0.39, 0.29) is 16.9 Å². The number of halogens is 1. The molecule has 21 heavy (non-hydrogen) atoms. The van der Waals surface area contributed by atoms with E-state index in [9.17, 15) is 9.59 Å². The fourth-order valence-electron chi connectivity index (χ4n) is 2.33. The first-order valence-corrected chi connectivity index (χ1v) is 7.31. The van der Waals surface area contributed by atoms with Gasteiger partial charge in [0.1, 0.15) is 11.6 Å². The Morgan fingerprint density at radius 2 is 2.14 bits per heavy atom. The smallest absolute Gasteiger partial charge is 0.329 e. The highest BCUT2D eigenvalue weighted by Gasteiger charge is 2.37. The molecule has 0 saturated carbocycles. The summed E-state index contributed by atoms with van der Waals surface area (Å²) in [6, 6.07) is 1.02. The summed E-state index contributed by atoms with van der Waals surface area (Å²) < 4.78 is 5.39. The molecule has 2 heterocycles. The summed E-state index contributed by atoms with van der Waals surface area (Å²) in [4.78, 5) is 30.2. The molecule has 6 heteroatoms. The Hall–Kier alpha value is -1.62. The standard InChI is InChI=1S/C15H19ClN2O3/c1-15(2,3)21-14(20)12-5-4-8-18(12)13(19)10-6-7-17-9-11(10)16/h6-7,9,12H,4-5,8H2,1-3H3/t12-/m0/s1. The van der Waals surface area contributed by atoms with Gasteiger partial charge in [-0.15, -0.1) is 0 Å². The number of carbonyl (C=O) groups is 2. The summed E-state index contributed by atoms with van der Waals surface area (Å²) in [5.41, 5.74) is -0.204. The number of rotatable bonds is 2. The van der Waals surface area contributed by atoms with Crippen LogP contribution in [0.5, 0.6) is 0 Å². The van der Waals surface area contributed by atoms with Crippen LogP contribution in [-0.2, 0) is 9.53 Å². The molecular weight excluding hydrogens is 292 g/mol. The minimum Gasteiger partial charge on any atom is -0.458 e. The molecule has 1 aliphatic rings. The lowest BCUT2D eigenvalue weighted by molar-refractivity contribution is -0.159. The maximum Gasteiger partial charge on any atom is 0.329 e. The van der Waals surface area contributed by atoms with Crippen molar-refractivity contribution in [3.8, 4) is 0 Å². The molecule has 5 nitrogen and oxygen atoms in total. The predicted molar refractivity (Wildman–Crippen MR) is 79.2 cm³/mol. The molecule has 1 fully saturated rings. The van der Waals surface area contributed by atoms with Crippen LogP contribution in [0.3, 0.4) is 0 Å². The number of carbonyl (C=O) groups excluding carboxylic acids is 2. The molecule has 1 atom stereocenters. The molecule has 114 valence electrons. The first-order valence-electron chi connectivity index (χ1n) is 6.93. The SMILES string of the molecule is CC(C)(C)OC(=O)[C@@H]1CCCN1C(=O)c1ccncc1Cl. The highest BCUT2D eigenvalue weighted by atomic mass is 35.5. The molecule has 0 unspecified atom stereocenters. The quantitative estimate of drug-likeness (QED) is 0.788. The lowest BCUT2D eigenvalue weighted by Crippen LogP contribution is -2.43. The average molecular weight is 311 g/mol. The summed E-state index contributed by atoms with van der Waals surface area (Å²) in [5, 5.41) is 0.289. The van der Waals surface area contributed by atoms with E-state index in [2.05, 4.69) is 4.98 Å². The van der Waals surface area contributed by atoms with Gasteiger partial charge in [-0.05, 0) is 39.7 Å². The first kappa shape index (κ1) is 15.8. The maximum absolute atomic E-state index is 12.6. The monoisotopic (exact) mass is 310 g/mol. The zero-order valence-corrected chi connectivity index (χ0v) is 13.2. The summed E-state index contributed by atoms with van der Waals surface area (Å²) in [6.07, 6.45) is 4.33. The largest absolute Gasteiger partial charge is 0.458 e. The second kappa shape index (κ2) is 6.02. The molecule has 1 aromatic rings. The fourth-order valence-corrected chi connectivity index (χ4v) is 2.53. The molecule has 0 aromatic carbocycles. The summed E-state index contributed by atoms with van der Waals surface area (Å²) in [6.45, 7) is 5.96. The Morgan fingerprint density at radius 1 is 1.43 bits per heavy atom. The van der Waals surface area contributed by atoms with Crippen LogP contribution in [0.25, 0.3) is 0 Å². The molecule has 2 rings (SSSR count). The minimum absolute atomic E-state index is 0.254. The molecule has 0 radical (unpaired) electrons. The Kier molecular flexibility index (Phi) is 4.52. The number of nitrogens with zero attached hydrogens (tertiary/aromatic N) is 2. The van der Waals surface area contributed by atoms with Crippen LogP contribution in [0.4, 0.5) is 0 Å². The molecule has 1 aliphatic heterocycles. The number of pyridine rings is 1. The van der Waals surface area contributed by atoms with Crippen LogP contribution in [0, 0.1) is 0 Å². The molecule has 0 spiro atoms. The van der Waals surface area contributed by atoms with Crippen molar-refractivity contribution in [2.45, 2.75) is 45.3 Å². The van der Waals surface area contributed by atoms with Crippen LogP contribution in [0.1, 0.15) is 44.0 Å². The van der Waals surface area contributed by atoms with Crippen molar-refractivity contribution in [3.05, 3.63) is 29.0 Å². The fraction of sp³-hybridized carbons (Fsp3) is 0.533. The number of hydrogen-bond donors (Lipinski definition) is 0. The average Bonchev–Trinajstić information content (AvgIpc) is 2.85. The van der Waals surface area contributed by atoms with Gasteiger partial charge in [0.2, 0.25) is 0 Å². The summed E-state index contributed by atoms with van der Waals surface area (Å²) in [5.74, 6) is -0.616. The molecule has 0 aliphatic carbocycles. The van der Waals surface area contributed by atoms with Gasteiger partial charge in [0.05, 0.1) is 10.6 Å². The Bertz CT molecular complexity index is 554. The van der Waals surface area contributed by atoms with Crippen molar-refractivity contribution >= 4 is 23.5 Å². The first-order chi connectivity index (χ1) is 9.79. The number of aromatic nitrogens is 1. The van der Waals surface area contributed by atoms with E-state index in [1.807, 2.05) is 20.8 Å². The van der Waals surface area contributed by atoms with Crippen molar-refractivity contribution in [2.24, 2.45) is 0 Å². The van der Waals surface area contributed by atoms with Crippen LogP contribution in [0.2, 0.25) is 5.02 Å². The molecule has 1 aromatic heterocycles. The second-order valence-corrected chi connectivity index (χ2v) is 6.45. The van der Waals surface area contributed by atoms with Gasteiger partial charge < -0.3 is 9.64 Å². The zero-order valence-electron chi connectivity index (χ0n) is 12.4. The highest BCUT2D eigenvalue weighted by Crippen LogP contribution is 2.25. The molecular formula is C15H19ClN2O3. The number of esters is 1. The normalized spacial score (nSPS) is 18.7. The van der Waals surface area contributed by atoms with Crippen LogP contribution in [-0.4, -0.2) is 39.9 Å². The summed E-state index contributed by atoms with van der Waals surface area (Å²) >= 11 is 6.01. The third-order valence-electron chi connectivity index (χ3n) is 3.20. The van der Waals surface area contributed by atoms with E-state index in [0.29, 0.717) is 18.5 Å². The Labute approximate surface area is 129 Å². The van der Waals surface area contributed by atoms with Gasteiger partial charge >= 0.3 is 5.97 Å². The zero-order chi connectivity index (χ0) is 15.6.